The number of nitrogens with zero attached hydrogens (tertiary/aromatic N) is 1. The van der Waals surface area contributed by atoms with Gasteiger partial charge in [0.1, 0.15) is 10.6 Å². The maximum atomic E-state index is 15.4. The Morgan fingerprint density at radius 1 is 1.08 bits per heavy atom. The summed E-state index contributed by atoms with van der Waals surface area (Å²) in [5, 5.41) is 0.0808. The lowest BCUT2D eigenvalue weighted by atomic mass is 9.75. The van der Waals surface area contributed by atoms with Crippen LogP contribution in [0, 0.1) is 17.6 Å². The van der Waals surface area contributed by atoms with Crippen LogP contribution >= 0.6 is 11.6 Å². The number of ether oxygens (including phenoxy) is 2. The number of hydrogen-bond donors (Lipinski definition) is 1. The Hall–Kier alpha value is -2.54. The molecule has 1 fully saturated rings. The molecular formula is C23H21ClF2N2O6S2. The molecule has 0 amide bonds. The first-order valence-corrected chi connectivity index (χ1v) is 14.5. The largest absolute Gasteiger partial charge is 0.490 e. The predicted octanol–water partition coefficient (Wildman–Crippen LogP) is 3.67. The Balaban J connectivity index is 1.63. The molecule has 3 heterocycles. The second-order valence-electron chi connectivity index (χ2n) is 8.66. The van der Waals surface area contributed by atoms with E-state index in [1.54, 1.807) is 0 Å². The number of sulfone groups is 2. The van der Waals surface area contributed by atoms with Crippen LogP contribution in [-0.4, -0.2) is 51.9 Å². The van der Waals surface area contributed by atoms with Crippen molar-refractivity contribution in [3.8, 4) is 5.75 Å². The quantitative estimate of drug-likeness (QED) is 0.491. The molecule has 5 rings (SSSR count). The van der Waals surface area contributed by atoms with Crippen LogP contribution in [-0.2, 0) is 29.2 Å². The first kappa shape index (κ1) is 25.1. The van der Waals surface area contributed by atoms with Gasteiger partial charge in [-0.2, -0.15) is 0 Å². The van der Waals surface area contributed by atoms with E-state index in [9.17, 15) is 21.2 Å². The first-order chi connectivity index (χ1) is 17.1. The van der Waals surface area contributed by atoms with Crippen molar-refractivity contribution in [3.63, 3.8) is 0 Å². The molecule has 1 aromatic heterocycles. The topological polar surface area (TPSA) is 115 Å². The molecule has 36 heavy (non-hydrogen) atoms. The Bertz CT molecular complexity index is 1500. The van der Waals surface area contributed by atoms with Gasteiger partial charge < -0.3 is 14.5 Å². The molecule has 2 aliphatic heterocycles. The Labute approximate surface area is 211 Å². The highest BCUT2D eigenvalue weighted by Crippen LogP contribution is 2.56. The average molecular weight is 559 g/mol. The summed E-state index contributed by atoms with van der Waals surface area (Å²) in [6.07, 6.45) is 1.44. The molecule has 3 atom stereocenters. The van der Waals surface area contributed by atoms with Crippen molar-refractivity contribution < 1.29 is 35.1 Å². The maximum absolute atomic E-state index is 15.4. The summed E-state index contributed by atoms with van der Waals surface area (Å²) in [6, 6.07) is 7.15. The molecule has 3 aromatic rings. The van der Waals surface area contributed by atoms with Gasteiger partial charge in [0.25, 0.3) is 0 Å². The van der Waals surface area contributed by atoms with Crippen LogP contribution in [0.15, 0.2) is 58.8 Å². The molecule has 0 saturated carbocycles. The van der Waals surface area contributed by atoms with Crippen molar-refractivity contribution in [1.29, 1.82) is 0 Å². The zero-order valence-electron chi connectivity index (χ0n) is 18.7. The van der Waals surface area contributed by atoms with Gasteiger partial charge in [-0.3, -0.25) is 0 Å². The Morgan fingerprint density at radius 2 is 1.81 bits per heavy atom. The number of nitrogens with one attached hydrogen (secondary N) is 1. The highest BCUT2D eigenvalue weighted by molar-refractivity contribution is 7.92. The van der Waals surface area contributed by atoms with Gasteiger partial charge in [0.05, 0.1) is 28.9 Å². The fourth-order valence-electron chi connectivity index (χ4n) is 5.12. The predicted molar refractivity (Wildman–Crippen MR) is 125 cm³/mol. The van der Waals surface area contributed by atoms with Crippen LogP contribution in [0.25, 0.3) is 0 Å². The summed E-state index contributed by atoms with van der Waals surface area (Å²) in [5.41, 5.74) is -0.407. The monoisotopic (exact) mass is 558 g/mol. The third kappa shape index (κ3) is 3.90. The minimum absolute atomic E-state index is 0.110. The summed E-state index contributed by atoms with van der Waals surface area (Å²) in [7, 11) is -8.20. The minimum Gasteiger partial charge on any atom is -0.490 e. The molecule has 0 unspecified atom stereocenters. The van der Waals surface area contributed by atoms with Crippen molar-refractivity contribution in [2.24, 2.45) is 5.92 Å². The lowest BCUT2D eigenvalue weighted by Gasteiger charge is -2.50. The molecule has 0 spiro atoms. The molecule has 192 valence electrons. The summed E-state index contributed by atoms with van der Waals surface area (Å²) in [5.74, 6) is -3.72. The number of halogens is 3. The molecule has 1 N–H and O–H groups in total. The molecule has 0 aliphatic carbocycles. The smallest absolute Gasteiger partial charge is 0.224 e. The fraction of sp³-hybridized carbons (Fsp3) is 0.348. The van der Waals surface area contributed by atoms with Gasteiger partial charge in [-0.25, -0.2) is 30.6 Å². The van der Waals surface area contributed by atoms with Gasteiger partial charge in [-0.1, -0.05) is 11.6 Å². The van der Waals surface area contributed by atoms with Crippen LogP contribution in [0.1, 0.15) is 18.4 Å². The van der Waals surface area contributed by atoms with E-state index in [-0.39, 0.29) is 36.1 Å². The number of hydrogen-bond acceptors (Lipinski definition) is 7. The second kappa shape index (κ2) is 9.09. The maximum Gasteiger partial charge on any atom is 0.224 e. The molecule has 1 saturated heterocycles. The van der Waals surface area contributed by atoms with E-state index in [4.69, 9.17) is 21.1 Å². The van der Waals surface area contributed by atoms with E-state index in [0.29, 0.717) is 5.02 Å². The van der Waals surface area contributed by atoms with Gasteiger partial charge >= 0.3 is 0 Å². The van der Waals surface area contributed by atoms with Gasteiger partial charge in [-0.05, 0) is 49.2 Å². The van der Waals surface area contributed by atoms with E-state index in [1.165, 1.54) is 36.7 Å². The molecule has 0 radical (unpaired) electrons. The zero-order chi connectivity index (χ0) is 25.7. The number of aromatic nitrogens is 2. The lowest BCUT2D eigenvalue weighted by molar-refractivity contribution is -0.0732. The van der Waals surface area contributed by atoms with Crippen LogP contribution in [0.4, 0.5) is 8.78 Å². The normalized spacial score (nSPS) is 24.0. The number of rotatable bonds is 6. The minimum atomic E-state index is -4.38. The van der Waals surface area contributed by atoms with Crippen molar-refractivity contribution in [2.45, 2.75) is 33.7 Å². The molecule has 2 aliphatic rings. The summed E-state index contributed by atoms with van der Waals surface area (Å²) >= 11 is 5.95. The third-order valence-corrected chi connectivity index (χ3v) is 11.2. The van der Waals surface area contributed by atoms with Crippen LogP contribution in [0.5, 0.6) is 5.75 Å². The molecule has 2 aromatic carbocycles. The molecular weight excluding hydrogens is 538 g/mol. The highest BCUT2D eigenvalue weighted by atomic mass is 35.5. The molecule has 8 nitrogen and oxygen atoms in total. The SMILES string of the molecule is O=S(=O)(CC[C@@H]1OCC[C@@]2(S(=O)(=O)c3ccc(Cl)cc3)c3c(F)ccc(F)c3OC[C@@H]12)c1ncc[nH]1. The standard InChI is InChI=1S/C23H21ClF2N2O6S2/c24-14-1-3-15(4-2-14)36(31,32)23-8-11-33-19(7-12-35(29,30)22-27-9-10-28-22)16(23)13-34-21-18(26)6-5-17(25)20(21)23/h1-6,9-10,16,19H,7-8,11-13H2,(H,27,28)/t16-,19-,23-/m0/s1. The fourth-order valence-corrected chi connectivity index (χ4v) is 8.80. The number of fused-ring (bicyclic) bond motifs is 3. The van der Waals surface area contributed by atoms with Crippen molar-refractivity contribution in [1.82, 2.24) is 9.97 Å². The second-order valence-corrected chi connectivity index (χ2v) is 13.3. The number of aromatic amines is 1. The van der Waals surface area contributed by atoms with Crippen LogP contribution in [0.3, 0.4) is 0 Å². The van der Waals surface area contributed by atoms with E-state index in [0.717, 1.165) is 12.1 Å². The van der Waals surface area contributed by atoms with E-state index < -0.39 is 65.1 Å². The van der Waals surface area contributed by atoms with Gasteiger partial charge in [0.15, 0.2) is 21.4 Å². The number of imidazole rings is 1. The van der Waals surface area contributed by atoms with Crippen molar-refractivity contribution in [3.05, 3.63) is 71.0 Å². The van der Waals surface area contributed by atoms with Gasteiger partial charge in [0.2, 0.25) is 15.0 Å². The van der Waals surface area contributed by atoms with E-state index in [2.05, 4.69) is 9.97 Å². The zero-order valence-corrected chi connectivity index (χ0v) is 21.0. The van der Waals surface area contributed by atoms with Crippen molar-refractivity contribution >= 4 is 31.3 Å². The third-order valence-electron chi connectivity index (χ3n) is 6.78. The van der Waals surface area contributed by atoms with Gasteiger partial charge in [0, 0.05) is 29.9 Å². The van der Waals surface area contributed by atoms with Gasteiger partial charge in [-0.15, -0.1) is 0 Å². The van der Waals surface area contributed by atoms with E-state index >= 15 is 4.39 Å². The number of benzene rings is 2. The Kier molecular flexibility index (Phi) is 6.34. The van der Waals surface area contributed by atoms with Crippen molar-refractivity contribution in [2.75, 3.05) is 19.0 Å². The number of H-pyrrole nitrogens is 1. The molecule has 0 bridgehead atoms. The summed E-state index contributed by atoms with van der Waals surface area (Å²) in [4.78, 5) is 6.19. The Morgan fingerprint density at radius 3 is 2.50 bits per heavy atom. The molecule has 13 heteroatoms. The average Bonchev–Trinajstić information content (AvgIpc) is 3.41. The highest BCUT2D eigenvalue weighted by Gasteiger charge is 2.61. The lowest BCUT2D eigenvalue weighted by Crippen LogP contribution is -2.57. The van der Waals surface area contributed by atoms with Crippen LogP contribution < -0.4 is 4.74 Å². The van der Waals surface area contributed by atoms with Crippen LogP contribution in [0.2, 0.25) is 5.02 Å². The first-order valence-electron chi connectivity index (χ1n) is 11.0. The van der Waals surface area contributed by atoms with E-state index in [1.807, 2.05) is 0 Å². The summed E-state index contributed by atoms with van der Waals surface area (Å²) < 4.78 is 93.5. The summed E-state index contributed by atoms with van der Waals surface area (Å²) in [6.45, 7) is -0.435.